The minimum absolute atomic E-state index is 0.0347. The molecular weight excluding hydrogens is 870 g/mol. The Hall–Kier alpha value is -6.07. The number of amides is 2. The van der Waals surface area contributed by atoms with E-state index >= 15 is 14.0 Å². The first-order valence-corrected chi connectivity index (χ1v) is 24.4. The molecule has 1 N–H and O–H groups in total. The molecule has 7 aliphatic carbocycles. The van der Waals surface area contributed by atoms with E-state index in [0.29, 0.717) is 121 Å². The van der Waals surface area contributed by atoms with Gasteiger partial charge < -0.3 is 23.8 Å². The number of carbonyl (C=O) groups is 2. The summed E-state index contributed by atoms with van der Waals surface area (Å²) in [5.74, 6) is 2.48. The van der Waals surface area contributed by atoms with Crippen molar-refractivity contribution in [1.29, 1.82) is 0 Å². The van der Waals surface area contributed by atoms with Crippen LogP contribution in [0.4, 0.5) is 4.39 Å². The van der Waals surface area contributed by atoms with Crippen LogP contribution in [0, 0.1) is 61.1 Å². The largest absolute Gasteiger partial charge is 0.438 e. The van der Waals surface area contributed by atoms with Crippen LogP contribution >= 0.6 is 0 Å². The van der Waals surface area contributed by atoms with Gasteiger partial charge in [0.25, 0.3) is 5.91 Å². The van der Waals surface area contributed by atoms with Gasteiger partial charge in [-0.25, -0.2) is 18.7 Å². The number of aryl methyl sites for hydroxylation is 2. The predicted octanol–water partition coefficient (Wildman–Crippen LogP) is 5.34. The van der Waals surface area contributed by atoms with Crippen molar-refractivity contribution in [3.8, 4) is 11.5 Å². The number of benzene rings is 2. The molecule has 17 heteroatoms. The van der Waals surface area contributed by atoms with Crippen LogP contribution in [0.1, 0.15) is 96.3 Å². The van der Waals surface area contributed by atoms with Gasteiger partial charge in [-0.15, -0.1) is 0 Å². The summed E-state index contributed by atoms with van der Waals surface area (Å²) in [5.41, 5.74) is 4.30. The van der Waals surface area contributed by atoms with E-state index in [1.165, 1.54) is 5.56 Å². The summed E-state index contributed by atoms with van der Waals surface area (Å²) < 4.78 is 38.9. The van der Waals surface area contributed by atoms with Crippen LogP contribution < -0.4 is 11.4 Å². The lowest BCUT2D eigenvalue weighted by atomic mass is 8.95. The lowest BCUT2D eigenvalue weighted by Crippen LogP contribution is -3.17. The fourth-order valence-electron chi connectivity index (χ4n) is 16.3. The molecule has 0 radical (unpaired) electrons. The third kappa shape index (κ3) is 4.51. The molecule has 1 saturated heterocycles. The molecule has 68 heavy (non-hydrogen) atoms. The first kappa shape index (κ1) is 40.9. The molecule has 0 spiro atoms. The summed E-state index contributed by atoms with van der Waals surface area (Å²) in [7, 11) is 1.67. The van der Waals surface area contributed by atoms with Crippen LogP contribution in [0.2, 0.25) is 0 Å². The van der Waals surface area contributed by atoms with Gasteiger partial charge in [-0.2, -0.15) is 5.10 Å². The average Bonchev–Trinajstić information content (AvgIpc) is 3.83. The Balaban J connectivity index is 0.868. The monoisotopic (exact) mass is 923 g/mol. The molecule has 16 nitrogen and oxygen atoms in total. The molecule has 0 bridgehead atoms. The van der Waals surface area contributed by atoms with Gasteiger partial charge in [0.1, 0.15) is 22.9 Å². The molecule has 6 aromatic rings. The van der Waals surface area contributed by atoms with Crippen molar-refractivity contribution in [2.75, 3.05) is 40.0 Å². The topological polar surface area (TPSA) is 168 Å². The molecular formula is C51H54FN9O7. The van der Waals surface area contributed by atoms with Gasteiger partial charge in [0.2, 0.25) is 5.91 Å². The van der Waals surface area contributed by atoms with Gasteiger partial charge in [-0.1, -0.05) is 18.1 Å². The van der Waals surface area contributed by atoms with Crippen LogP contribution in [0.5, 0.6) is 0 Å². The number of rotatable bonds is 11. The Bertz CT molecular complexity index is 3250. The first-order valence-electron chi connectivity index (χ1n) is 24.4. The summed E-state index contributed by atoms with van der Waals surface area (Å²) in [5, 5.41) is 10.3. The van der Waals surface area contributed by atoms with Crippen LogP contribution in [-0.2, 0) is 31.8 Å². The van der Waals surface area contributed by atoms with Crippen molar-refractivity contribution >= 4 is 22.7 Å². The van der Waals surface area contributed by atoms with Crippen molar-refractivity contribution in [3.05, 3.63) is 115 Å². The molecule has 15 rings (SSSR count). The van der Waals surface area contributed by atoms with Crippen LogP contribution in [0.3, 0.4) is 0 Å². The van der Waals surface area contributed by atoms with E-state index in [4.69, 9.17) is 19.1 Å². The number of fused-ring (bicyclic) bond motifs is 2. The molecule has 4 aromatic heterocycles. The molecule has 9 aliphatic rings. The number of hydrogen-bond acceptors (Lipinski definition) is 9. The summed E-state index contributed by atoms with van der Waals surface area (Å²) in [4.78, 5) is 63.1. The van der Waals surface area contributed by atoms with E-state index in [-0.39, 0.29) is 40.3 Å². The predicted molar refractivity (Wildman–Crippen MR) is 243 cm³/mol. The molecule has 6 heterocycles. The second-order valence-corrected chi connectivity index (χ2v) is 21.4. The number of aromatic amines is 1. The van der Waals surface area contributed by atoms with Gasteiger partial charge in [-0.3, -0.25) is 28.2 Å². The lowest BCUT2D eigenvalue weighted by molar-refractivity contribution is -0.629. The standard InChI is InChI=1S/C51H54FN9O7/c1-24-19-32(20-25(2)43(24)52)61-44(57-13-14-59(48(57)65)51-40-37-41(51)39-42(51)38(40)50(37,39)58(28(5)62)15-18-66-6)36-27(4)56(12-9-33(36)54-61)45(63)35-22-31-21-30(29-10-16-67-17-11-29)7-8-34(31)60(35)49(23-26(49)3)46-53-47(64)68-55-46/h7-8,13-14,19-22,26-27,29,37-42H,9-12,15-18,23H2,1-6H3,(H,53,55,64)/t26-,27-,37?,38?,39?,40?,41?,42?,49-,50?,51?/m0/s1. The summed E-state index contributed by atoms with van der Waals surface area (Å²) in [6.07, 6.45) is 6.69. The number of ether oxygens (including phenoxy) is 2. The summed E-state index contributed by atoms with van der Waals surface area (Å²) in [6.45, 7) is 12.1. The van der Waals surface area contributed by atoms with Gasteiger partial charge >= 0.3 is 11.4 Å². The van der Waals surface area contributed by atoms with Crippen molar-refractivity contribution in [1.82, 2.24) is 43.4 Å². The lowest BCUT2D eigenvalue weighted by Gasteiger charge is -3.11. The van der Waals surface area contributed by atoms with E-state index < -0.39 is 17.3 Å². The molecule has 352 valence electrons. The maximum atomic E-state index is 15.6. The number of nitrogens with one attached hydrogen (secondary N) is 1. The molecule has 2 aromatic carbocycles. The van der Waals surface area contributed by atoms with Gasteiger partial charge in [-0.05, 0) is 134 Å². The number of methoxy groups -OCH3 is 1. The van der Waals surface area contributed by atoms with E-state index in [2.05, 4.69) is 44.7 Å². The zero-order valence-electron chi connectivity index (χ0n) is 39.0. The van der Waals surface area contributed by atoms with Crippen molar-refractivity contribution in [2.24, 2.45) is 41.4 Å². The van der Waals surface area contributed by atoms with Gasteiger partial charge in [0.15, 0.2) is 5.82 Å². The van der Waals surface area contributed by atoms with Crippen LogP contribution in [0.25, 0.3) is 22.4 Å². The average molecular weight is 924 g/mol. The number of aromatic nitrogens is 7. The number of imidazole rings is 1. The minimum Gasteiger partial charge on any atom is -0.383 e. The van der Waals surface area contributed by atoms with Crippen LogP contribution in [-0.4, -0.2) is 101 Å². The second-order valence-electron chi connectivity index (χ2n) is 21.4. The number of halogens is 1. The fourth-order valence-corrected chi connectivity index (χ4v) is 16.3. The highest BCUT2D eigenvalue weighted by molar-refractivity contribution is 6.00. The molecule has 8 fully saturated rings. The van der Waals surface area contributed by atoms with Gasteiger partial charge in [0.05, 0.1) is 35.1 Å². The highest BCUT2D eigenvalue weighted by Crippen LogP contribution is 3.06. The summed E-state index contributed by atoms with van der Waals surface area (Å²) in [6, 6.07) is 11.4. The highest BCUT2D eigenvalue weighted by Gasteiger charge is 3.12. The highest BCUT2D eigenvalue weighted by atomic mass is 19.1. The van der Waals surface area contributed by atoms with E-state index in [9.17, 15) is 9.59 Å². The number of nitrogens with zero attached hydrogens (tertiary/aromatic N) is 8. The number of H-pyrrole nitrogens is 1. The maximum absolute atomic E-state index is 15.6. The quantitative estimate of drug-likeness (QED) is 0.180. The molecule has 2 amide bonds. The smallest absolute Gasteiger partial charge is 0.383 e. The van der Waals surface area contributed by atoms with E-state index in [0.717, 1.165) is 35.0 Å². The number of carbonyl (C=O) groups excluding carboxylic acids is 2. The van der Waals surface area contributed by atoms with Crippen LogP contribution in [0.15, 0.2) is 62.9 Å². The zero-order chi connectivity index (χ0) is 46.7. The molecule has 3 atom stereocenters. The Kier molecular flexibility index (Phi) is 8.05. The van der Waals surface area contributed by atoms with Crippen molar-refractivity contribution < 1.29 is 28.0 Å². The normalized spacial score (nSPS) is 33.2. The van der Waals surface area contributed by atoms with Gasteiger partial charge in [0, 0.05) is 75.6 Å². The zero-order valence-corrected chi connectivity index (χ0v) is 39.0. The maximum Gasteiger partial charge on any atom is 0.438 e. The second kappa shape index (κ2) is 13.4. The Morgan fingerprint density at radius 3 is 2.32 bits per heavy atom. The molecule has 2 aliphatic heterocycles. The Morgan fingerprint density at radius 1 is 0.985 bits per heavy atom. The van der Waals surface area contributed by atoms with Crippen molar-refractivity contribution in [2.45, 2.75) is 88.9 Å². The fraction of sp³-hybridized carbons (Fsp3) is 0.529. The van der Waals surface area contributed by atoms with E-state index in [1.807, 2.05) is 34.9 Å². The first-order chi connectivity index (χ1) is 32.8. The Morgan fingerprint density at radius 2 is 1.69 bits per heavy atom. The third-order valence-corrected chi connectivity index (χ3v) is 18.9. The Labute approximate surface area is 389 Å². The van der Waals surface area contributed by atoms with E-state index in [1.54, 1.807) is 49.3 Å². The molecule has 7 saturated carbocycles. The SMILES string of the molecule is COCCN(C(C)=O)C12C3C4C1C1C2C3C41n1ccn(-c2c3c(nn2-c2cc(C)c(F)c(C)c2)CCN(C(=O)c2cc4cc(C5CCOCC5)ccc4n2[C@@]2(c4noc(=O)[nH]4)C[C@@H]2C)[C@H]3C)c1=O. The number of hydrogen-bond donors (Lipinski definition) is 1. The van der Waals surface area contributed by atoms with Crippen molar-refractivity contribution in [3.63, 3.8) is 0 Å². The summed E-state index contributed by atoms with van der Waals surface area (Å²) >= 11 is 0. The molecule has 0 unspecified atom stereocenters. The minimum atomic E-state index is -0.814. The third-order valence-electron chi connectivity index (χ3n) is 18.9.